The highest BCUT2D eigenvalue weighted by molar-refractivity contribution is 5.85. The number of likely N-dealkylation sites (N-methyl/N-ethyl adjacent to an activating group) is 2. The topological polar surface area (TPSA) is 82.5 Å². The number of carbonyl (C=O) groups is 1. The lowest BCUT2D eigenvalue weighted by Crippen LogP contribution is -2.43. The van der Waals surface area contributed by atoms with Gasteiger partial charge in [0.15, 0.2) is 0 Å². The lowest BCUT2D eigenvalue weighted by Gasteiger charge is -2.41. The predicted octanol–water partition coefficient (Wildman–Crippen LogP) is 8.11. The van der Waals surface area contributed by atoms with E-state index in [9.17, 15) is 15.0 Å². The van der Waals surface area contributed by atoms with E-state index in [0.717, 1.165) is 86.7 Å². The number of halogens is 1. The maximum atomic E-state index is 13.2. The van der Waals surface area contributed by atoms with Crippen LogP contribution in [0.4, 0.5) is 4.79 Å². The molecular weight excluding hydrogens is 612 g/mol. The molecule has 2 aliphatic carbocycles. The molecule has 2 saturated carbocycles. The van der Waals surface area contributed by atoms with Crippen molar-refractivity contribution in [3.63, 3.8) is 0 Å². The van der Waals surface area contributed by atoms with E-state index in [0.29, 0.717) is 0 Å². The Hall–Kier alpha value is -2.16. The van der Waals surface area contributed by atoms with Gasteiger partial charge in [0.05, 0.1) is 11.2 Å². The van der Waals surface area contributed by atoms with Gasteiger partial charge in [-0.3, -0.25) is 0 Å². The van der Waals surface area contributed by atoms with E-state index in [4.69, 9.17) is 9.47 Å². The van der Waals surface area contributed by atoms with Gasteiger partial charge in [-0.05, 0) is 104 Å². The summed E-state index contributed by atoms with van der Waals surface area (Å²) in [7, 11) is 8.20. The molecule has 2 aromatic rings. The fraction of sp³-hybridized carbons (Fsp3) is 0.667. The Labute approximate surface area is 290 Å². The molecule has 0 amide bonds. The van der Waals surface area contributed by atoms with Crippen LogP contribution in [-0.4, -0.2) is 78.7 Å². The number of hydrogen-bond acceptors (Lipinski definition) is 7. The Kier molecular flexibility index (Phi) is 13.4. The molecule has 0 bridgehead atoms. The van der Waals surface area contributed by atoms with Crippen LogP contribution in [0.15, 0.2) is 48.5 Å². The van der Waals surface area contributed by atoms with Crippen molar-refractivity contribution in [2.75, 3.05) is 41.3 Å². The van der Waals surface area contributed by atoms with Crippen molar-refractivity contribution >= 4 is 18.6 Å². The van der Waals surface area contributed by atoms with Gasteiger partial charge in [0.25, 0.3) is 0 Å². The molecule has 264 valence electrons. The van der Waals surface area contributed by atoms with Crippen LogP contribution in [-0.2, 0) is 20.7 Å². The summed E-state index contributed by atoms with van der Waals surface area (Å²) < 4.78 is 11.8. The number of nitrogens with zero attached hydrogens (tertiary/aromatic N) is 2. The monoisotopic (exact) mass is 672 g/mol. The molecule has 0 aromatic heterocycles. The van der Waals surface area contributed by atoms with Crippen LogP contribution < -0.4 is 0 Å². The summed E-state index contributed by atoms with van der Waals surface area (Å²) in [5, 5.41) is 23.2. The molecule has 47 heavy (non-hydrogen) atoms. The van der Waals surface area contributed by atoms with E-state index >= 15 is 0 Å². The van der Waals surface area contributed by atoms with Crippen molar-refractivity contribution in [3.8, 4) is 0 Å². The largest absolute Gasteiger partial charge is 0.510 e. The van der Waals surface area contributed by atoms with Crippen LogP contribution in [0.5, 0.6) is 0 Å². The SMILES string of the molecule is CN(C)CC(c1ccc(C(C)(C)OC(=O)OC(C)(C)c2ccc(C(CN(C)C)C3(O)CCCCC3)cc2)cc1)C1(O)CCCCC1.Cl. The van der Waals surface area contributed by atoms with Crippen LogP contribution >= 0.6 is 12.4 Å². The van der Waals surface area contributed by atoms with Gasteiger partial charge in [0.2, 0.25) is 0 Å². The maximum absolute atomic E-state index is 13.2. The van der Waals surface area contributed by atoms with Gasteiger partial charge in [-0.25, -0.2) is 4.79 Å². The van der Waals surface area contributed by atoms with Gasteiger partial charge in [0, 0.05) is 24.9 Å². The second-order valence-electron chi connectivity index (χ2n) is 15.7. The maximum Gasteiger partial charge on any atom is 0.510 e. The standard InChI is InChI=1S/C39H60N2O5.ClH/c1-36(2,31-19-15-29(16-20-31)33(27-40(5)6)38(43)23-11-9-12-24-38)45-35(42)46-37(3,4)32-21-17-30(18-22-32)34(28-41(7)8)39(44)25-13-10-14-26-39;/h15-22,33-34,43-44H,9-14,23-28H2,1-8H3;1H. The third-order valence-electron chi connectivity index (χ3n) is 10.5. The van der Waals surface area contributed by atoms with Gasteiger partial charge in [0.1, 0.15) is 11.2 Å². The van der Waals surface area contributed by atoms with Crippen molar-refractivity contribution in [1.29, 1.82) is 0 Å². The first-order valence-electron chi connectivity index (χ1n) is 17.4. The van der Waals surface area contributed by atoms with Gasteiger partial charge in [-0.15, -0.1) is 12.4 Å². The Balaban J connectivity index is 0.00000600. The molecule has 7 nitrogen and oxygen atoms in total. The second-order valence-corrected chi connectivity index (χ2v) is 15.7. The van der Waals surface area contributed by atoms with Crippen molar-refractivity contribution in [3.05, 3.63) is 70.8 Å². The molecule has 2 unspecified atom stereocenters. The van der Waals surface area contributed by atoms with Crippen LogP contribution in [0.1, 0.15) is 126 Å². The molecular formula is C39H61ClN2O5. The minimum Gasteiger partial charge on any atom is -0.423 e. The Bertz CT molecular complexity index is 1170. The molecule has 0 heterocycles. The minimum atomic E-state index is -0.914. The third-order valence-corrected chi connectivity index (χ3v) is 10.5. The Morgan fingerprint density at radius 2 is 0.936 bits per heavy atom. The van der Waals surface area contributed by atoms with Crippen molar-refractivity contribution in [1.82, 2.24) is 9.80 Å². The predicted molar refractivity (Wildman–Crippen MR) is 192 cm³/mol. The summed E-state index contributed by atoms with van der Waals surface area (Å²) >= 11 is 0. The highest BCUT2D eigenvalue weighted by Crippen LogP contribution is 2.42. The number of benzene rings is 2. The van der Waals surface area contributed by atoms with Crippen LogP contribution in [0.25, 0.3) is 0 Å². The van der Waals surface area contributed by atoms with Gasteiger partial charge < -0.3 is 29.5 Å². The minimum absolute atomic E-state index is 0. The smallest absolute Gasteiger partial charge is 0.423 e. The highest BCUT2D eigenvalue weighted by atomic mass is 35.5. The summed E-state index contributed by atoms with van der Waals surface area (Å²) in [5.74, 6) is 0.0311. The number of hydrogen-bond donors (Lipinski definition) is 2. The molecule has 2 fully saturated rings. The van der Waals surface area contributed by atoms with Crippen molar-refractivity contribution < 1.29 is 24.5 Å². The Morgan fingerprint density at radius 1 is 0.638 bits per heavy atom. The lowest BCUT2D eigenvalue weighted by molar-refractivity contribution is -0.0634. The van der Waals surface area contributed by atoms with Crippen LogP contribution in [0.2, 0.25) is 0 Å². The molecule has 0 radical (unpaired) electrons. The van der Waals surface area contributed by atoms with E-state index in [1.807, 2.05) is 52.0 Å². The highest BCUT2D eigenvalue weighted by Gasteiger charge is 2.41. The van der Waals surface area contributed by atoms with E-state index < -0.39 is 28.6 Å². The average molecular weight is 673 g/mol. The van der Waals surface area contributed by atoms with Crippen LogP contribution in [0.3, 0.4) is 0 Å². The van der Waals surface area contributed by atoms with Gasteiger partial charge >= 0.3 is 6.16 Å². The number of aliphatic hydroxyl groups is 2. The zero-order valence-corrected chi connectivity index (χ0v) is 31.0. The lowest BCUT2D eigenvalue weighted by atomic mass is 9.72. The first-order valence-corrected chi connectivity index (χ1v) is 17.4. The molecule has 2 N–H and O–H groups in total. The number of ether oxygens (including phenoxy) is 2. The van der Waals surface area contributed by atoms with E-state index in [2.05, 4.69) is 62.3 Å². The quantitative estimate of drug-likeness (QED) is 0.221. The number of rotatable bonds is 12. The van der Waals surface area contributed by atoms with E-state index in [1.54, 1.807) is 0 Å². The molecule has 2 aromatic carbocycles. The molecule has 2 atom stereocenters. The first kappa shape index (κ1) is 39.3. The first-order chi connectivity index (χ1) is 21.5. The summed E-state index contributed by atoms with van der Waals surface area (Å²) in [6.45, 7) is 9.04. The van der Waals surface area contributed by atoms with E-state index in [-0.39, 0.29) is 24.2 Å². The third kappa shape index (κ3) is 9.95. The fourth-order valence-electron chi connectivity index (χ4n) is 7.72. The molecule has 8 heteroatoms. The van der Waals surface area contributed by atoms with Crippen molar-refractivity contribution in [2.24, 2.45) is 0 Å². The normalized spacial score (nSPS) is 19.5. The zero-order chi connectivity index (χ0) is 33.8. The molecule has 4 rings (SSSR count). The van der Waals surface area contributed by atoms with Gasteiger partial charge in [-0.2, -0.15) is 0 Å². The molecule has 0 spiro atoms. The van der Waals surface area contributed by atoms with E-state index in [1.165, 1.54) is 12.8 Å². The summed E-state index contributed by atoms with van der Waals surface area (Å²) in [6, 6.07) is 16.3. The zero-order valence-electron chi connectivity index (χ0n) is 30.2. The average Bonchev–Trinajstić information content (AvgIpc) is 2.99. The summed E-state index contributed by atoms with van der Waals surface area (Å²) in [4.78, 5) is 17.5. The fourth-order valence-corrected chi connectivity index (χ4v) is 7.72. The summed E-state index contributed by atoms with van der Waals surface area (Å²) in [5.41, 5.74) is 0.705. The van der Waals surface area contributed by atoms with Gasteiger partial charge in [-0.1, -0.05) is 87.1 Å². The summed E-state index contributed by atoms with van der Waals surface area (Å²) in [6.07, 6.45) is 9.16. The van der Waals surface area contributed by atoms with Crippen molar-refractivity contribution in [2.45, 2.75) is 126 Å². The number of carbonyl (C=O) groups excluding carboxylic acids is 1. The molecule has 2 aliphatic rings. The van der Waals surface area contributed by atoms with Crippen LogP contribution in [0, 0.1) is 0 Å². The molecule has 0 saturated heterocycles. The Morgan fingerprint density at radius 3 is 1.21 bits per heavy atom. The molecule has 0 aliphatic heterocycles. The second kappa shape index (κ2) is 16.0.